The minimum atomic E-state index is -1.07. The molecule has 0 amide bonds. The van der Waals surface area contributed by atoms with Crippen molar-refractivity contribution in [1.82, 2.24) is 0 Å². The molecule has 0 fully saturated rings. The van der Waals surface area contributed by atoms with E-state index in [-0.39, 0.29) is 12.2 Å². The summed E-state index contributed by atoms with van der Waals surface area (Å²) in [4.78, 5) is 10.6. The minimum absolute atomic E-state index is 0.0842. The number of nitrogens with two attached hydrogens (primary N) is 1. The van der Waals surface area contributed by atoms with Crippen molar-refractivity contribution in [2.75, 3.05) is 0 Å². The third-order valence-electron chi connectivity index (χ3n) is 2.67. The summed E-state index contributed by atoms with van der Waals surface area (Å²) >= 11 is 0. The van der Waals surface area contributed by atoms with Crippen LogP contribution in [-0.4, -0.2) is 22.2 Å². The van der Waals surface area contributed by atoms with Crippen LogP contribution in [0.3, 0.4) is 0 Å². The van der Waals surface area contributed by atoms with Crippen LogP contribution in [0.1, 0.15) is 16.7 Å². The molecular weight excluding hydrogens is 210 g/mol. The summed E-state index contributed by atoms with van der Waals surface area (Å²) in [6, 6.07) is 2.39. The Labute approximate surface area is 92.5 Å². The Morgan fingerprint density at radius 3 is 2.69 bits per heavy atom. The molecule has 1 aliphatic heterocycles. The van der Waals surface area contributed by atoms with Crippen LogP contribution in [0.5, 0.6) is 5.75 Å². The Balaban J connectivity index is 2.25. The van der Waals surface area contributed by atoms with Gasteiger partial charge in [-0.3, -0.25) is 4.79 Å². The van der Waals surface area contributed by atoms with E-state index >= 15 is 0 Å². The first-order chi connectivity index (χ1) is 7.58. The first-order valence-electron chi connectivity index (χ1n) is 4.97. The smallest absolute Gasteiger partial charge is 0.320 e. The molecule has 16 heavy (non-hydrogen) atoms. The molecule has 0 radical (unpaired) electrons. The Morgan fingerprint density at radius 2 is 2.06 bits per heavy atom. The molecule has 1 heterocycles. The number of ether oxygens (including phenoxy) is 1. The quantitative estimate of drug-likeness (QED) is 0.688. The highest BCUT2D eigenvalue weighted by atomic mass is 16.5. The number of phenolic OH excluding ortho intramolecular Hbond substituents is 1. The van der Waals surface area contributed by atoms with Gasteiger partial charge in [0.05, 0.1) is 13.2 Å². The number of aromatic hydroxyl groups is 1. The number of hydrogen-bond acceptors (Lipinski definition) is 4. The summed E-state index contributed by atoms with van der Waals surface area (Å²) < 4.78 is 5.22. The lowest BCUT2D eigenvalue weighted by Gasteiger charge is -2.10. The van der Waals surface area contributed by atoms with Gasteiger partial charge in [0.2, 0.25) is 0 Å². The molecule has 0 aliphatic carbocycles. The van der Waals surface area contributed by atoms with Crippen LogP contribution in [0.15, 0.2) is 12.1 Å². The van der Waals surface area contributed by atoms with Gasteiger partial charge in [-0.2, -0.15) is 0 Å². The molecule has 0 bridgehead atoms. The van der Waals surface area contributed by atoms with E-state index in [9.17, 15) is 9.90 Å². The summed E-state index contributed by atoms with van der Waals surface area (Å²) in [5.74, 6) is -0.989. The topological polar surface area (TPSA) is 92.8 Å². The molecule has 1 aromatic rings. The number of carbonyl (C=O) groups is 1. The van der Waals surface area contributed by atoms with Gasteiger partial charge in [-0.25, -0.2) is 0 Å². The second-order valence-electron chi connectivity index (χ2n) is 3.89. The fourth-order valence-electron chi connectivity index (χ4n) is 1.75. The molecule has 1 atom stereocenters. The lowest BCUT2D eigenvalue weighted by atomic mass is 10.00. The van der Waals surface area contributed by atoms with Gasteiger partial charge in [-0.15, -0.1) is 0 Å². The summed E-state index contributed by atoms with van der Waals surface area (Å²) in [5, 5.41) is 18.4. The Bertz CT molecular complexity index is 430. The molecule has 0 spiro atoms. The maximum absolute atomic E-state index is 10.6. The number of carboxylic acids is 1. The maximum atomic E-state index is 10.6. The van der Waals surface area contributed by atoms with Crippen LogP contribution in [0.4, 0.5) is 0 Å². The zero-order chi connectivity index (χ0) is 11.7. The molecule has 86 valence electrons. The van der Waals surface area contributed by atoms with Crippen LogP contribution in [0.25, 0.3) is 0 Å². The molecule has 2 rings (SSSR count). The summed E-state index contributed by atoms with van der Waals surface area (Å²) in [6.07, 6.45) is 0.119. The van der Waals surface area contributed by atoms with Crippen molar-refractivity contribution in [3.8, 4) is 5.75 Å². The van der Waals surface area contributed by atoms with E-state index in [1.807, 2.05) is 0 Å². The van der Waals surface area contributed by atoms with Crippen molar-refractivity contribution in [3.63, 3.8) is 0 Å². The Kier molecular flexibility index (Phi) is 2.80. The number of phenols is 1. The van der Waals surface area contributed by atoms with Crippen molar-refractivity contribution < 1.29 is 19.7 Å². The summed E-state index contributed by atoms with van der Waals surface area (Å²) in [5.41, 5.74) is 7.92. The monoisotopic (exact) mass is 223 g/mol. The van der Waals surface area contributed by atoms with E-state index in [1.54, 1.807) is 12.1 Å². The number of benzene rings is 1. The molecule has 4 N–H and O–H groups in total. The first kappa shape index (κ1) is 10.9. The summed E-state index contributed by atoms with van der Waals surface area (Å²) in [7, 11) is 0. The average Bonchev–Trinajstić information content (AvgIpc) is 2.65. The van der Waals surface area contributed by atoms with E-state index in [2.05, 4.69) is 0 Å². The third-order valence-corrected chi connectivity index (χ3v) is 2.67. The van der Waals surface area contributed by atoms with Gasteiger partial charge in [-0.1, -0.05) is 0 Å². The van der Waals surface area contributed by atoms with E-state index in [1.165, 1.54) is 0 Å². The largest absolute Gasteiger partial charge is 0.508 e. The van der Waals surface area contributed by atoms with E-state index < -0.39 is 12.0 Å². The van der Waals surface area contributed by atoms with Gasteiger partial charge in [0.25, 0.3) is 0 Å². The second kappa shape index (κ2) is 4.11. The van der Waals surface area contributed by atoms with Crippen LogP contribution < -0.4 is 5.73 Å². The van der Waals surface area contributed by atoms with Crippen LogP contribution in [0, 0.1) is 0 Å². The zero-order valence-electron chi connectivity index (χ0n) is 8.64. The van der Waals surface area contributed by atoms with Gasteiger partial charge in [0.15, 0.2) is 0 Å². The van der Waals surface area contributed by atoms with Crippen molar-refractivity contribution in [2.45, 2.75) is 25.7 Å². The second-order valence-corrected chi connectivity index (χ2v) is 3.89. The molecule has 5 heteroatoms. The average molecular weight is 223 g/mol. The Morgan fingerprint density at radius 1 is 1.44 bits per heavy atom. The van der Waals surface area contributed by atoms with Gasteiger partial charge in [0, 0.05) is 6.42 Å². The normalized spacial score (nSPS) is 15.8. The minimum Gasteiger partial charge on any atom is -0.508 e. The zero-order valence-corrected chi connectivity index (χ0v) is 8.64. The van der Waals surface area contributed by atoms with E-state index in [4.69, 9.17) is 15.6 Å². The highest BCUT2D eigenvalue weighted by molar-refractivity contribution is 5.73. The number of hydrogen-bond donors (Lipinski definition) is 3. The fraction of sp³-hybridized carbons (Fsp3) is 0.364. The maximum Gasteiger partial charge on any atom is 0.320 e. The SMILES string of the molecule is NC(Cc1cc2c(cc1O)COC2)C(=O)O. The van der Waals surface area contributed by atoms with E-state index in [0.29, 0.717) is 18.8 Å². The molecule has 1 aliphatic rings. The summed E-state index contributed by atoms with van der Waals surface area (Å²) in [6.45, 7) is 0.999. The van der Waals surface area contributed by atoms with Crippen LogP contribution in [-0.2, 0) is 29.2 Å². The number of rotatable bonds is 3. The highest BCUT2D eigenvalue weighted by Crippen LogP contribution is 2.28. The van der Waals surface area contributed by atoms with Crippen molar-refractivity contribution >= 4 is 5.97 Å². The molecule has 5 nitrogen and oxygen atoms in total. The van der Waals surface area contributed by atoms with Gasteiger partial charge in [0.1, 0.15) is 11.8 Å². The molecular formula is C11H13NO4. The fourth-order valence-corrected chi connectivity index (χ4v) is 1.75. The number of aliphatic carboxylic acids is 1. The third kappa shape index (κ3) is 2.00. The van der Waals surface area contributed by atoms with Crippen LogP contribution >= 0.6 is 0 Å². The molecule has 0 saturated heterocycles. The highest BCUT2D eigenvalue weighted by Gasteiger charge is 2.18. The van der Waals surface area contributed by atoms with Crippen molar-refractivity contribution in [2.24, 2.45) is 5.73 Å². The lowest BCUT2D eigenvalue weighted by Crippen LogP contribution is -2.32. The van der Waals surface area contributed by atoms with Crippen LogP contribution in [0.2, 0.25) is 0 Å². The molecule has 1 aromatic carbocycles. The number of carboxylic acid groups (broad SMARTS) is 1. The first-order valence-corrected chi connectivity index (χ1v) is 4.97. The lowest BCUT2D eigenvalue weighted by molar-refractivity contribution is -0.138. The van der Waals surface area contributed by atoms with Gasteiger partial charge in [-0.05, 0) is 28.8 Å². The Hall–Kier alpha value is -1.59. The standard InChI is InChI=1S/C11H13NO4/c12-9(11(14)15)2-6-1-7-4-16-5-8(7)3-10(6)13/h1,3,9,13H,2,4-5,12H2,(H,14,15). The molecule has 0 saturated carbocycles. The predicted molar refractivity (Wildman–Crippen MR) is 55.9 cm³/mol. The van der Waals surface area contributed by atoms with Gasteiger partial charge >= 0.3 is 5.97 Å². The molecule has 1 unspecified atom stereocenters. The molecule has 0 aromatic heterocycles. The predicted octanol–water partition coefficient (Wildman–Crippen LogP) is 0.377. The number of fused-ring (bicyclic) bond motifs is 1. The van der Waals surface area contributed by atoms with Crippen molar-refractivity contribution in [1.29, 1.82) is 0 Å². The van der Waals surface area contributed by atoms with Crippen molar-refractivity contribution in [3.05, 3.63) is 28.8 Å². The van der Waals surface area contributed by atoms with E-state index in [0.717, 1.165) is 11.1 Å². The van der Waals surface area contributed by atoms with Gasteiger partial charge < -0.3 is 20.7 Å².